The first-order valence-electron chi connectivity index (χ1n) is 7.51. The average Bonchev–Trinajstić information content (AvgIpc) is 2.66. The van der Waals surface area contributed by atoms with Crippen LogP contribution < -0.4 is 5.73 Å². The number of nitrogens with two attached hydrogens (primary N) is 1. The van der Waals surface area contributed by atoms with E-state index < -0.39 is 23.6 Å². The zero-order valence-electron chi connectivity index (χ0n) is 12.4. The van der Waals surface area contributed by atoms with Crippen LogP contribution in [0.15, 0.2) is 36.4 Å². The van der Waals surface area contributed by atoms with Crippen molar-refractivity contribution in [2.75, 3.05) is 0 Å². The van der Waals surface area contributed by atoms with Gasteiger partial charge in [-0.2, -0.15) is 0 Å². The van der Waals surface area contributed by atoms with Crippen molar-refractivity contribution in [1.82, 2.24) is 0 Å². The maximum absolute atomic E-state index is 13.8. The largest absolute Gasteiger partial charge is 0.480 e. The molecule has 2 aromatic rings. The maximum Gasteiger partial charge on any atom is 0.320 e. The van der Waals surface area contributed by atoms with Crippen molar-refractivity contribution in [3.63, 3.8) is 0 Å². The molecule has 0 radical (unpaired) electrons. The lowest BCUT2D eigenvalue weighted by Gasteiger charge is -2.22. The summed E-state index contributed by atoms with van der Waals surface area (Å²) in [6.07, 6.45) is 1.43. The predicted molar refractivity (Wildman–Crippen MR) is 82.3 cm³/mol. The Labute approximate surface area is 132 Å². The van der Waals surface area contributed by atoms with Gasteiger partial charge >= 0.3 is 5.97 Å². The summed E-state index contributed by atoms with van der Waals surface area (Å²) in [5, 5.41) is 9.12. The van der Waals surface area contributed by atoms with Crippen LogP contribution >= 0.6 is 0 Å². The minimum atomic E-state index is -1.10. The normalized spacial score (nSPS) is 17.8. The molecule has 0 saturated heterocycles. The molecule has 0 fully saturated rings. The fourth-order valence-corrected chi connectivity index (χ4v) is 3.29. The van der Waals surface area contributed by atoms with Crippen molar-refractivity contribution < 1.29 is 18.7 Å². The number of carboxylic acids is 1. The number of aryl methyl sites for hydroxylation is 2. The molecule has 2 atom stereocenters. The Morgan fingerprint density at radius 1 is 1.13 bits per heavy atom. The Bertz CT molecular complexity index is 761. The van der Waals surface area contributed by atoms with Crippen molar-refractivity contribution in [1.29, 1.82) is 0 Å². The highest BCUT2D eigenvalue weighted by molar-refractivity contribution is 5.73. The summed E-state index contributed by atoms with van der Waals surface area (Å²) in [5.41, 5.74) is 9.06. The summed E-state index contributed by atoms with van der Waals surface area (Å²) < 4.78 is 27.4. The molecule has 2 aromatic carbocycles. The van der Waals surface area contributed by atoms with E-state index in [1.807, 2.05) is 24.3 Å². The lowest BCUT2D eigenvalue weighted by molar-refractivity contribution is -0.138. The molecular formula is C18H17F2NO2. The molecule has 0 spiro atoms. The molecule has 0 aromatic heterocycles. The lowest BCUT2D eigenvalue weighted by Crippen LogP contribution is -2.32. The third kappa shape index (κ3) is 2.97. The van der Waals surface area contributed by atoms with Gasteiger partial charge in [-0.25, -0.2) is 8.78 Å². The van der Waals surface area contributed by atoms with Gasteiger partial charge in [-0.3, -0.25) is 4.79 Å². The van der Waals surface area contributed by atoms with Crippen molar-refractivity contribution in [3.05, 3.63) is 70.3 Å². The summed E-state index contributed by atoms with van der Waals surface area (Å²) in [6.45, 7) is 0. The number of rotatable bonds is 3. The summed E-state index contributed by atoms with van der Waals surface area (Å²) in [4.78, 5) is 11.1. The third-order valence-electron chi connectivity index (χ3n) is 4.46. The van der Waals surface area contributed by atoms with Gasteiger partial charge in [0, 0.05) is 5.92 Å². The molecule has 0 aliphatic heterocycles. The van der Waals surface area contributed by atoms with Gasteiger partial charge in [-0.1, -0.05) is 24.3 Å². The van der Waals surface area contributed by atoms with Crippen LogP contribution in [0.3, 0.4) is 0 Å². The van der Waals surface area contributed by atoms with Crippen LogP contribution in [0, 0.1) is 11.6 Å². The second-order valence-corrected chi connectivity index (χ2v) is 5.90. The molecule has 120 valence electrons. The number of hydrogen-bond acceptors (Lipinski definition) is 2. The van der Waals surface area contributed by atoms with Crippen molar-refractivity contribution in [3.8, 4) is 0 Å². The van der Waals surface area contributed by atoms with Gasteiger partial charge in [0.15, 0.2) is 11.6 Å². The number of halogens is 2. The standard InChI is InChI=1S/C18H17F2NO2/c19-15-7-11-6-5-10-3-1-2-4-12(10)14(9-17(21)18(22)23)13(11)8-16(15)20/h1-4,7-8,14,17H,5-6,9,21H2,(H,22,23). The van der Waals surface area contributed by atoms with E-state index in [9.17, 15) is 13.6 Å². The van der Waals surface area contributed by atoms with Gasteiger partial charge in [-0.15, -0.1) is 0 Å². The van der Waals surface area contributed by atoms with Crippen molar-refractivity contribution >= 4 is 5.97 Å². The topological polar surface area (TPSA) is 63.3 Å². The van der Waals surface area contributed by atoms with Crippen LogP contribution in [0.5, 0.6) is 0 Å². The third-order valence-corrected chi connectivity index (χ3v) is 4.46. The summed E-state index contributed by atoms with van der Waals surface area (Å²) in [7, 11) is 0. The average molecular weight is 317 g/mol. The monoisotopic (exact) mass is 317 g/mol. The SMILES string of the molecule is NC(CC1c2ccccc2CCc2cc(F)c(F)cc21)C(=O)O. The van der Waals surface area contributed by atoms with E-state index in [4.69, 9.17) is 10.8 Å². The Balaban J connectivity index is 2.14. The molecule has 1 aliphatic rings. The summed E-state index contributed by atoms with van der Waals surface area (Å²) in [5.74, 6) is -3.26. The van der Waals surface area contributed by atoms with Crippen LogP contribution in [0.25, 0.3) is 0 Å². The lowest BCUT2D eigenvalue weighted by atomic mass is 9.83. The minimum Gasteiger partial charge on any atom is -0.480 e. The Morgan fingerprint density at radius 3 is 2.52 bits per heavy atom. The summed E-state index contributed by atoms with van der Waals surface area (Å²) in [6, 6.07) is 8.99. The van der Waals surface area contributed by atoms with E-state index >= 15 is 0 Å². The van der Waals surface area contributed by atoms with E-state index in [2.05, 4.69) is 0 Å². The molecule has 0 bridgehead atoms. The molecule has 2 unspecified atom stereocenters. The predicted octanol–water partition coefficient (Wildman–Crippen LogP) is 3.00. The van der Waals surface area contributed by atoms with Crippen molar-refractivity contribution in [2.45, 2.75) is 31.2 Å². The molecule has 3 nitrogen and oxygen atoms in total. The van der Waals surface area contributed by atoms with Crippen LogP contribution in [-0.2, 0) is 17.6 Å². The second-order valence-electron chi connectivity index (χ2n) is 5.90. The van der Waals surface area contributed by atoms with Gasteiger partial charge in [0.05, 0.1) is 0 Å². The highest BCUT2D eigenvalue weighted by Gasteiger charge is 2.28. The number of hydrogen-bond donors (Lipinski definition) is 2. The van der Waals surface area contributed by atoms with Gasteiger partial charge < -0.3 is 10.8 Å². The first kappa shape index (κ1) is 15.6. The van der Waals surface area contributed by atoms with Crippen LogP contribution in [0.4, 0.5) is 8.78 Å². The first-order valence-corrected chi connectivity index (χ1v) is 7.51. The van der Waals surface area contributed by atoms with E-state index in [0.717, 1.165) is 11.1 Å². The zero-order chi connectivity index (χ0) is 16.6. The molecule has 0 amide bonds. The highest BCUT2D eigenvalue weighted by atomic mass is 19.2. The van der Waals surface area contributed by atoms with Crippen LogP contribution in [-0.4, -0.2) is 17.1 Å². The van der Waals surface area contributed by atoms with Gasteiger partial charge in [-0.05, 0) is 53.6 Å². The number of carboxylic acid groups (broad SMARTS) is 1. The minimum absolute atomic E-state index is 0.143. The first-order chi connectivity index (χ1) is 11.0. The summed E-state index contributed by atoms with van der Waals surface area (Å²) >= 11 is 0. The smallest absolute Gasteiger partial charge is 0.320 e. The van der Waals surface area contributed by atoms with Gasteiger partial charge in [0.25, 0.3) is 0 Å². The molecule has 1 aliphatic carbocycles. The van der Waals surface area contributed by atoms with E-state index in [1.54, 1.807) is 0 Å². The highest BCUT2D eigenvalue weighted by Crippen LogP contribution is 2.37. The second kappa shape index (κ2) is 6.08. The Hall–Kier alpha value is -2.27. The Kier molecular flexibility index (Phi) is 4.13. The van der Waals surface area contributed by atoms with Gasteiger partial charge in [0.1, 0.15) is 6.04 Å². The molecule has 5 heteroatoms. The zero-order valence-corrected chi connectivity index (χ0v) is 12.4. The number of aliphatic carboxylic acids is 1. The molecule has 0 heterocycles. The molecule has 3 N–H and O–H groups in total. The number of benzene rings is 2. The fourth-order valence-electron chi connectivity index (χ4n) is 3.29. The van der Waals surface area contributed by atoms with Crippen LogP contribution in [0.2, 0.25) is 0 Å². The molecular weight excluding hydrogens is 300 g/mol. The molecule has 23 heavy (non-hydrogen) atoms. The van der Waals surface area contributed by atoms with E-state index in [1.165, 1.54) is 12.1 Å². The van der Waals surface area contributed by atoms with E-state index in [0.29, 0.717) is 24.0 Å². The fraction of sp³-hybridized carbons (Fsp3) is 0.278. The molecule has 3 rings (SSSR count). The van der Waals surface area contributed by atoms with E-state index in [-0.39, 0.29) is 12.3 Å². The number of carbonyl (C=O) groups is 1. The molecule has 0 saturated carbocycles. The number of fused-ring (bicyclic) bond motifs is 2. The quantitative estimate of drug-likeness (QED) is 0.915. The van der Waals surface area contributed by atoms with Crippen LogP contribution in [0.1, 0.15) is 34.6 Å². The maximum atomic E-state index is 13.8. The Morgan fingerprint density at radius 2 is 1.78 bits per heavy atom. The van der Waals surface area contributed by atoms with Gasteiger partial charge in [0.2, 0.25) is 0 Å². The van der Waals surface area contributed by atoms with Crippen molar-refractivity contribution in [2.24, 2.45) is 5.73 Å².